The first-order valence-electron chi connectivity index (χ1n) is 9.67. The fourth-order valence-electron chi connectivity index (χ4n) is 3.16. The van der Waals surface area contributed by atoms with E-state index in [2.05, 4.69) is 5.32 Å². The number of hydrogen-bond donors (Lipinski definition) is 1. The van der Waals surface area contributed by atoms with Gasteiger partial charge in [-0.1, -0.05) is 13.0 Å². The molecular formula is C23H25NO6. The maximum Gasteiger partial charge on any atom is 0.336 e. The minimum atomic E-state index is -0.733. The second-order valence-electron chi connectivity index (χ2n) is 6.77. The summed E-state index contributed by atoms with van der Waals surface area (Å²) in [6.07, 6.45) is -0.0132. The Bertz CT molecular complexity index is 1100. The van der Waals surface area contributed by atoms with Crippen molar-refractivity contribution in [2.45, 2.75) is 32.9 Å². The molecule has 0 spiro atoms. The third-order valence-electron chi connectivity index (χ3n) is 4.78. The summed E-state index contributed by atoms with van der Waals surface area (Å²) in [6, 6.07) is 12.2. The summed E-state index contributed by atoms with van der Waals surface area (Å²) in [7, 11) is 3.13. The van der Waals surface area contributed by atoms with Crippen LogP contribution in [0.4, 0.5) is 0 Å². The highest BCUT2D eigenvalue weighted by molar-refractivity contribution is 5.83. The number of aryl methyl sites for hydroxylation is 1. The molecule has 0 aliphatic carbocycles. The van der Waals surface area contributed by atoms with Crippen molar-refractivity contribution in [2.24, 2.45) is 0 Å². The highest BCUT2D eigenvalue weighted by atomic mass is 16.5. The lowest BCUT2D eigenvalue weighted by atomic mass is 10.1. The summed E-state index contributed by atoms with van der Waals surface area (Å²) in [5.41, 5.74) is 1.81. The first-order chi connectivity index (χ1) is 14.4. The van der Waals surface area contributed by atoms with Gasteiger partial charge in [0.15, 0.2) is 17.6 Å². The first kappa shape index (κ1) is 21.2. The van der Waals surface area contributed by atoms with E-state index in [1.54, 1.807) is 45.4 Å². The molecule has 1 amide bonds. The van der Waals surface area contributed by atoms with E-state index in [1.807, 2.05) is 19.1 Å². The molecule has 0 aliphatic heterocycles. The van der Waals surface area contributed by atoms with Crippen LogP contribution in [0.15, 0.2) is 51.7 Å². The first-order valence-corrected chi connectivity index (χ1v) is 9.67. The van der Waals surface area contributed by atoms with E-state index < -0.39 is 11.7 Å². The van der Waals surface area contributed by atoms with Crippen LogP contribution in [0.5, 0.6) is 17.2 Å². The van der Waals surface area contributed by atoms with Crippen molar-refractivity contribution in [3.8, 4) is 17.2 Å². The predicted octanol–water partition coefficient (Wildman–Crippen LogP) is 3.46. The molecule has 0 bridgehead atoms. The van der Waals surface area contributed by atoms with Crippen LogP contribution in [-0.2, 0) is 17.8 Å². The Hall–Kier alpha value is -3.48. The van der Waals surface area contributed by atoms with Gasteiger partial charge in [0.25, 0.3) is 5.91 Å². The summed E-state index contributed by atoms with van der Waals surface area (Å²) < 4.78 is 21.5. The van der Waals surface area contributed by atoms with Crippen molar-refractivity contribution in [3.05, 3.63) is 64.0 Å². The van der Waals surface area contributed by atoms with Gasteiger partial charge in [-0.05, 0) is 48.7 Å². The Labute approximate surface area is 174 Å². The number of rotatable bonds is 8. The van der Waals surface area contributed by atoms with Crippen LogP contribution < -0.4 is 25.2 Å². The second kappa shape index (κ2) is 9.35. The minimum Gasteiger partial charge on any atom is -0.493 e. The molecule has 0 aliphatic rings. The lowest BCUT2D eigenvalue weighted by molar-refractivity contribution is -0.127. The molecule has 7 nitrogen and oxygen atoms in total. The molecule has 1 heterocycles. The van der Waals surface area contributed by atoms with Crippen LogP contribution in [0.1, 0.15) is 25.0 Å². The highest BCUT2D eigenvalue weighted by Gasteiger charge is 2.16. The van der Waals surface area contributed by atoms with E-state index in [1.165, 1.54) is 6.07 Å². The van der Waals surface area contributed by atoms with Gasteiger partial charge >= 0.3 is 5.63 Å². The van der Waals surface area contributed by atoms with Crippen molar-refractivity contribution in [3.63, 3.8) is 0 Å². The van der Waals surface area contributed by atoms with E-state index in [0.29, 0.717) is 29.4 Å². The predicted molar refractivity (Wildman–Crippen MR) is 113 cm³/mol. The third kappa shape index (κ3) is 4.74. The highest BCUT2D eigenvalue weighted by Crippen LogP contribution is 2.27. The molecule has 3 aromatic rings. The fourth-order valence-corrected chi connectivity index (χ4v) is 3.16. The second-order valence-corrected chi connectivity index (χ2v) is 6.77. The van der Waals surface area contributed by atoms with Crippen molar-refractivity contribution >= 4 is 16.9 Å². The average molecular weight is 411 g/mol. The van der Waals surface area contributed by atoms with E-state index in [-0.39, 0.29) is 5.91 Å². The van der Waals surface area contributed by atoms with Gasteiger partial charge in [0, 0.05) is 24.1 Å². The third-order valence-corrected chi connectivity index (χ3v) is 4.78. The molecule has 1 aromatic heterocycles. The SMILES string of the molecule is CCc1cc(=O)oc2cc(OC(C)C(=O)NCc3ccc(OC)c(OC)c3)ccc12. The summed E-state index contributed by atoms with van der Waals surface area (Å²) in [5, 5.41) is 3.70. The van der Waals surface area contributed by atoms with E-state index in [0.717, 1.165) is 22.9 Å². The van der Waals surface area contributed by atoms with E-state index >= 15 is 0 Å². The maximum absolute atomic E-state index is 12.5. The number of hydrogen-bond acceptors (Lipinski definition) is 6. The van der Waals surface area contributed by atoms with Crippen molar-refractivity contribution < 1.29 is 23.4 Å². The Kier molecular flexibility index (Phi) is 6.61. The molecular weight excluding hydrogens is 386 g/mol. The van der Waals surface area contributed by atoms with Crippen LogP contribution >= 0.6 is 0 Å². The van der Waals surface area contributed by atoms with Gasteiger partial charge in [-0.2, -0.15) is 0 Å². The molecule has 1 atom stereocenters. The molecule has 0 fully saturated rings. The fraction of sp³-hybridized carbons (Fsp3) is 0.304. The van der Waals surface area contributed by atoms with Gasteiger partial charge in [0.1, 0.15) is 11.3 Å². The lowest BCUT2D eigenvalue weighted by Gasteiger charge is -2.16. The normalized spacial score (nSPS) is 11.7. The number of ether oxygens (including phenoxy) is 3. The smallest absolute Gasteiger partial charge is 0.336 e. The maximum atomic E-state index is 12.5. The Morgan fingerprint density at radius 3 is 2.53 bits per heavy atom. The van der Waals surface area contributed by atoms with Crippen LogP contribution in [0.3, 0.4) is 0 Å². The quantitative estimate of drug-likeness (QED) is 0.571. The van der Waals surface area contributed by atoms with Crippen LogP contribution in [-0.4, -0.2) is 26.2 Å². The number of carbonyl (C=O) groups is 1. The Morgan fingerprint density at radius 2 is 1.83 bits per heavy atom. The molecule has 0 saturated heterocycles. The van der Waals surface area contributed by atoms with E-state index in [4.69, 9.17) is 18.6 Å². The van der Waals surface area contributed by atoms with Crippen molar-refractivity contribution in [2.75, 3.05) is 14.2 Å². The van der Waals surface area contributed by atoms with Gasteiger partial charge in [-0.15, -0.1) is 0 Å². The number of methoxy groups -OCH3 is 2. The Morgan fingerprint density at radius 1 is 1.07 bits per heavy atom. The monoisotopic (exact) mass is 411 g/mol. The number of benzene rings is 2. The summed E-state index contributed by atoms with van der Waals surface area (Å²) in [6.45, 7) is 3.95. The average Bonchev–Trinajstić information content (AvgIpc) is 2.76. The van der Waals surface area contributed by atoms with Gasteiger partial charge < -0.3 is 23.9 Å². The number of nitrogens with one attached hydrogen (secondary N) is 1. The molecule has 158 valence electrons. The molecule has 1 unspecified atom stereocenters. The number of amides is 1. The topological polar surface area (TPSA) is 87.0 Å². The molecule has 0 radical (unpaired) electrons. The molecule has 2 aromatic carbocycles. The largest absolute Gasteiger partial charge is 0.493 e. The lowest BCUT2D eigenvalue weighted by Crippen LogP contribution is -2.35. The summed E-state index contributed by atoms with van der Waals surface area (Å²) in [5.74, 6) is 1.40. The molecule has 1 N–H and O–H groups in total. The summed E-state index contributed by atoms with van der Waals surface area (Å²) >= 11 is 0. The van der Waals surface area contributed by atoms with Crippen molar-refractivity contribution in [1.29, 1.82) is 0 Å². The van der Waals surface area contributed by atoms with Gasteiger partial charge in [-0.3, -0.25) is 4.79 Å². The molecule has 30 heavy (non-hydrogen) atoms. The molecule has 3 rings (SSSR count). The van der Waals surface area contributed by atoms with Crippen LogP contribution in [0.25, 0.3) is 11.0 Å². The van der Waals surface area contributed by atoms with Crippen molar-refractivity contribution in [1.82, 2.24) is 5.32 Å². The zero-order valence-electron chi connectivity index (χ0n) is 17.5. The standard InChI is InChI=1S/C23H25NO6/c1-5-16-11-22(25)30-20-12-17(7-8-18(16)20)29-14(2)23(26)24-13-15-6-9-19(27-3)21(10-15)28-4/h6-12,14H,5,13H2,1-4H3,(H,24,26). The summed E-state index contributed by atoms with van der Waals surface area (Å²) in [4.78, 5) is 24.2. The zero-order chi connectivity index (χ0) is 21.7. The Balaban J connectivity index is 1.66. The van der Waals surface area contributed by atoms with E-state index in [9.17, 15) is 9.59 Å². The van der Waals surface area contributed by atoms with Gasteiger partial charge in [-0.25, -0.2) is 4.79 Å². The molecule has 0 saturated carbocycles. The van der Waals surface area contributed by atoms with Gasteiger partial charge in [0.2, 0.25) is 0 Å². The number of carbonyl (C=O) groups excluding carboxylic acids is 1. The van der Waals surface area contributed by atoms with Crippen LogP contribution in [0, 0.1) is 0 Å². The zero-order valence-corrected chi connectivity index (χ0v) is 17.5. The minimum absolute atomic E-state index is 0.270. The number of fused-ring (bicyclic) bond motifs is 1. The van der Waals surface area contributed by atoms with Crippen LogP contribution in [0.2, 0.25) is 0 Å². The van der Waals surface area contributed by atoms with Gasteiger partial charge in [0.05, 0.1) is 14.2 Å². The molecule has 7 heteroatoms.